The summed E-state index contributed by atoms with van der Waals surface area (Å²) < 4.78 is 11.5. The molecule has 0 amide bonds. The number of hydrogen-bond acceptors (Lipinski definition) is 4. The molecule has 0 fully saturated rings. The second kappa shape index (κ2) is 7.20. The predicted molar refractivity (Wildman–Crippen MR) is 101 cm³/mol. The van der Waals surface area contributed by atoms with Crippen LogP contribution in [0.15, 0.2) is 40.9 Å². The number of benzene rings is 2. The normalized spacial score (nSPS) is 11.2. The van der Waals surface area contributed by atoms with Crippen molar-refractivity contribution in [3.8, 4) is 11.5 Å². The van der Waals surface area contributed by atoms with Crippen molar-refractivity contribution in [1.82, 2.24) is 9.97 Å². The van der Waals surface area contributed by atoms with Crippen LogP contribution < -0.4 is 9.47 Å². The number of hydrogen-bond donors (Lipinski definition) is 0. The van der Waals surface area contributed by atoms with Crippen molar-refractivity contribution in [2.45, 2.75) is 0 Å². The van der Waals surface area contributed by atoms with Crippen LogP contribution in [0.2, 0.25) is 5.15 Å². The lowest BCUT2D eigenvalue weighted by Gasteiger charge is -2.06. The van der Waals surface area contributed by atoms with Crippen molar-refractivity contribution in [2.75, 3.05) is 14.2 Å². The summed E-state index contributed by atoms with van der Waals surface area (Å²) in [4.78, 5) is 8.84. The summed E-state index contributed by atoms with van der Waals surface area (Å²) in [6.07, 6.45) is 3.70. The fraction of sp³-hybridized carbons (Fsp3) is 0.111. The monoisotopic (exact) mass is 404 g/mol. The van der Waals surface area contributed by atoms with Gasteiger partial charge in [-0.25, -0.2) is 9.97 Å². The lowest BCUT2D eigenvalue weighted by Crippen LogP contribution is -1.91. The molecule has 0 spiro atoms. The highest BCUT2D eigenvalue weighted by Gasteiger charge is 2.05. The molecule has 0 aliphatic heterocycles. The molecular formula is C18H14BrClN2O2. The summed E-state index contributed by atoms with van der Waals surface area (Å²) in [6, 6.07) is 11.3. The van der Waals surface area contributed by atoms with Crippen LogP contribution in [0.25, 0.3) is 23.1 Å². The van der Waals surface area contributed by atoms with Crippen LogP contribution in [-0.4, -0.2) is 24.2 Å². The van der Waals surface area contributed by atoms with E-state index in [2.05, 4.69) is 25.9 Å². The molecule has 1 aromatic heterocycles. The quantitative estimate of drug-likeness (QED) is 0.557. The Morgan fingerprint density at radius 1 is 0.958 bits per heavy atom. The van der Waals surface area contributed by atoms with Crippen LogP contribution in [0.5, 0.6) is 11.5 Å². The summed E-state index contributed by atoms with van der Waals surface area (Å²) in [5, 5.41) is 1.23. The van der Waals surface area contributed by atoms with Crippen molar-refractivity contribution < 1.29 is 9.47 Å². The summed E-state index contributed by atoms with van der Waals surface area (Å²) in [5.41, 5.74) is 1.71. The molecule has 0 saturated carbocycles. The summed E-state index contributed by atoms with van der Waals surface area (Å²) in [6.45, 7) is 0. The Hall–Kier alpha value is -2.11. The van der Waals surface area contributed by atoms with Crippen molar-refractivity contribution in [3.05, 3.63) is 57.4 Å². The Kier molecular flexibility index (Phi) is 5.02. The van der Waals surface area contributed by atoms with Crippen LogP contribution >= 0.6 is 27.5 Å². The first-order valence-electron chi connectivity index (χ1n) is 7.13. The van der Waals surface area contributed by atoms with Gasteiger partial charge in [0.25, 0.3) is 0 Å². The van der Waals surface area contributed by atoms with Gasteiger partial charge >= 0.3 is 0 Å². The van der Waals surface area contributed by atoms with Gasteiger partial charge in [-0.15, -0.1) is 0 Å². The van der Waals surface area contributed by atoms with E-state index in [1.807, 2.05) is 48.6 Å². The standard InChI is InChI=1S/C18H14BrClN2O2/c1-23-13-7-11(8-14(10-13)24-2)3-6-17-21-16-5-4-12(19)9-15(16)18(20)22-17/h3-10H,1-2H3. The molecule has 2 aromatic carbocycles. The molecule has 3 rings (SSSR count). The molecule has 3 aromatic rings. The molecule has 1 heterocycles. The minimum Gasteiger partial charge on any atom is -0.497 e. The fourth-order valence-electron chi connectivity index (χ4n) is 2.25. The van der Waals surface area contributed by atoms with Gasteiger partial charge in [-0.1, -0.05) is 33.6 Å². The van der Waals surface area contributed by atoms with Gasteiger partial charge in [0, 0.05) is 15.9 Å². The second-order valence-corrected chi connectivity index (χ2v) is 6.29. The molecule has 0 radical (unpaired) electrons. The van der Waals surface area contributed by atoms with Gasteiger partial charge in [0.05, 0.1) is 19.7 Å². The maximum atomic E-state index is 6.27. The van der Waals surface area contributed by atoms with Gasteiger partial charge < -0.3 is 9.47 Å². The molecule has 0 N–H and O–H groups in total. The topological polar surface area (TPSA) is 44.2 Å². The largest absolute Gasteiger partial charge is 0.497 e. The van der Waals surface area contributed by atoms with Crippen molar-refractivity contribution >= 4 is 50.6 Å². The molecule has 24 heavy (non-hydrogen) atoms. The lowest BCUT2D eigenvalue weighted by molar-refractivity contribution is 0.394. The van der Waals surface area contributed by atoms with Crippen LogP contribution in [-0.2, 0) is 0 Å². The van der Waals surface area contributed by atoms with E-state index in [-0.39, 0.29) is 0 Å². The number of ether oxygens (including phenoxy) is 2. The maximum absolute atomic E-state index is 6.27. The van der Waals surface area contributed by atoms with E-state index in [9.17, 15) is 0 Å². The first-order valence-corrected chi connectivity index (χ1v) is 8.30. The highest BCUT2D eigenvalue weighted by molar-refractivity contribution is 9.10. The molecule has 4 nitrogen and oxygen atoms in total. The van der Waals surface area contributed by atoms with Gasteiger partial charge in [-0.3, -0.25) is 0 Å². The third kappa shape index (κ3) is 3.68. The first kappa shape index (κ1) is 16.7. The zero-order chi connectivity index (χ0) is 17.1. The van der Waals surface area contributed by atoms with Gasteiger partial charge in [0.2, 0.25) is 0 Å². The van der Waals surface area contributed by atoms with Crippen LogP contribution in [0.3, 0.4) is 0 Å². The van der Waals surface area contributed by atoms with E-state index in [4.69, 9.17) is 21.1 Å². The Balaban J connectivity index is 1.97. The number of nitrogens with zero attached hydrogens (tertiary/aromatic N) is 2. The minimum absolute atomic E-state index is 0.421. The molecule has 0 unspecified atom stereocenters. The second-order valence-electron chi connectivity index (χ2n) is 5.01. The fourth-order valence-corrected chi connectivity index (χ4v) is 2.85. The van der Waals surface area contributed by atoms with E-state index in [0.29, 0.717) is 11.0 Å². The van der Waals surface area contributed by atoms with Crippen molar-refractivity contribution in [1.29, 1.82) is 0 Å². The van der Waals surface area contributed by atoms with E-state index in [0.717, 1.165) is 32.4 Å². The molecule has 0 atom stereocenters. The van der Waals surface area contributed by atoms with Crippen LogP contribution in [0.1, 0.15) is 11.4 Å². The van der Waals surface area contributed by atoms with Crippen LogP contribution in [0.4, 0.5) is 0 Å². The lowest BCUT2D eigenvalue weighted by atomic mass is 10.2. The smallest absolute Gasteiger partial charge is 0.154 e. The Labute approximate surface area is 153 Å². The zero-order valence-electron chi connectivity index (χ0n) is 13.1. The molecule has 0 bridgehead atoms. The van der Waals surface area contributed by atoms with Crippen molar-refractivity contribution in [3.63, 3.8) is 0 Å². The third-order valence-electron chi connectivity index (χ3n) is 3.43. The van der Waals surface area contributed by atoms with Crippen molar-refractivity contribution in [2.24, 2.45) is 0 Å². The summed E-state index contributed by atoms with van der Waals surface area (Å²) >= 11 is 9.69. The van der Waals surface area contributed by atoms with E-state index >= 15 is 0 Å². The highest BCUT2D eigenvalue weighted by atomic mass is 79.9. The SMILES string of the molecule is COc1cc(C=Cc2nc(Cl)c3cc(Br)ccc3n2)cc(OC)c1. The summed E-state index contributed by atoms with van der Waals surface area (Å²) in [7, 11) is 3.24. The number of methoxy groups -OCH3 is 2. The van der Waals surface area contributed by atoms with E-state index < -0.39 is 0 Å². The Morgan fingerprint density at radius 3 is 2.33 bits per heavy atom. The number of halogens is 2. The average molecular weight is 406 g/mol. The Morgan fingerprint density at radius 2 is 1.67 bits per heavy atom. The minimum atomic E-state index is 0.421. The molecule has 0 aliphatic carbocycles. The predicted octanol–water partition coefficient (Wildman–Crippen LogP) is 5.23. The number of fused-ring (bicyclic) bond motifs is 1. The molecule has 0 saturated heterocycles. The van der Waals surface area contributed by atoms with Gasteiger partial charge in [-0.05, 0) is 42.0 Å². The Bertz CT molecular complexity index is 906. The average Bonchev–Trinajstić information content (AvgIpc) is 2.60. The van der Waals surface area contributed by atoms with E-state index in [1.54, 1.807) is 14.2 Å². The van der Waals surface area contributed by atoms with Crippen LogP contribution in [0, 0.1) is 0 Å². The van der Waals surface area contributed by atoms with Gasteiger partial charge in [0.1, 0.15) is 16.7 Å². The molecule has 122 valence electrons. The molecular weight excluding hydrogens is 392 g/mol. The van der Waals surface area contributed by atoms with Gasteiger partial charge in [-0.2, -0.15) is 0 Å². The highest BCUT2D eigenvalue weighted by Crippen LogP contribution is 2.26. The molecule has 0 aliphatic rings. The maximum Gasteiger partial charge on any atom is 0.154 e. The first-order chi connectivity index (χ1) is 11.6. The number of rotatable bonds is 4. The molecule has 6 heteroatoms. The zero-order valence-corrected chi connectivity index (χ0v) is 15.4. The third-order valence-corrected chi connectivity index (χ3v) is 4.21. The van der Waals surface area contributed by atoms with Gasteiger partial charge in [0.15, 0.2) is 5.82 Å². The summed E-state index contributed by atoms with van der Waals surface area (Å²) in [5.74, 6) is 1.98. The van der Waals surface area contributed by atoms with E-state index in [1.165, 1.54) is 0 Å². The number of aromatic nitrogens is 2.